The van der Waals surface area contributed by atoms with Gasteiger partial charge in [0.15, 0.2) is 0 Å². The number of nitrogens with zero attached hydrogens (tertiary/aromatic N) is 1. The number of hydrogen-bond acceptors (Lipinski definition) is 4. The first-order chi connectivity index (χ1) is 14.7. The van der Waals surface area contributed by atoms with E-state index in [2.05, 4.69) is 12.1 Å². The van der Waals surface area contributed by atoms with Gasteiger partial charge in [0, 0.05) is 6.42 Å². The lowest BCUT2D eigenvalue weighted by Crippen LogP contribution is -2.40. The molecule has 0 aromatic heterocycles. The van der Waals surface area contributed by atoms with Gasteiger partial charge >= 0.3 is 6.09 Å². The predicted octanol–water partition coefficient (Wildman–Crippen LogP) is 4.49. The molecule has 0 saturated carbocycles. The smallest absolute Gasteiger partial charge is 0.416 e. The van der Waals surface area contributed by atoms with Crippen molar-refractivity contribution >= 4 is 12.0 Å². The fourth-order valence-electron chi connectivity index (χ4n) is 4.69. The molecular weight excluding hydrogens is 378 g/mol. The van der Waals surface area contributed by atoms with E-state index in [1.165, 1.54) is 34.4 Å². The summed E-state index contributed by atoms with van der Waals surface area (Å²) < 4.78 is 10.7. The molecule has 30 heavy (non-hydrogen) atoms. The Bertz CT molecular complexity index is 909. The van der Waals surface area contributed by atoms with Crippen molar-refractivity contribution in [2.75, 3.05) is 13.7 Å². The van der Waals surface area contributed by atoms with Gasteiger partial charge in [-0.25, -0.2) is 9.69 Å². The first kappa shape index (κ1) is 20.5. The van der Waals surface area contributed by atoms with Gasteiger partial charge in [-0.2, -0.15) is 0 Å². The Hall–Kier alpha value is -2.82. The third kappa shape index (κ3) is 4.35. The molecule has 0 unspecified atom stereocenters. The Kier molecular flexibility index (Phi) is 6.36. The van der Waals surface area contributed by atoms with E-state index < -0.39 is 6.09 Å². The average molecular weight is 408 g/mol. The minimum absolute atomic E-state index is 0.138. The SMILES string of the molecule is COc1ccc(CCCC(=O)N2C(=O)OC[C@@H]2Cc2ccccc2)c2c1CCCC2. The second-order valence-corrected chi connectivity index (χ2v) is 8.13. The zero-order valence-electron chi connectivity index (χ0n) is 17.6. The van der Waals surface area contributed by atoms with Crippen molar-refractivity contribution in [3.63, 3.8) is 0 Å². The van der Waals surface area contributed by atoms with E-state index in [0.717, 1.165) is 37.0 Å². The third-order valence-corrected chi connectivity index (χ3v) is 6.19. The summed E-state index contributed by atoms with van der Waals surface area (Å²) in [5.74, 6) is 0.842. The van der Waals surface area contributed by atoms with Crippen molar-refractivity contribution < 1.29 is 19.1 Å². The lowest BCUT2D eigenvalue weighted by Gasteiger charge is -2.22. The van der Waals surface area contributed by atoms with E-state index in [4.69, 9.17) is 9.47 Å². The summed E-state index contributed by atoms with van der Waals surface area (Å²) in [6, 6.07) is 13.9. The van der Waals surface area contributed by atoms with Crippen LogP contribution in [0.4, 0.5) is 4.79 Å². The van der Waals surface area contributed by atoms with Crippen LogP contribution in [0.1, 0.15) is 47.9 Å². The van der Waals surface area contributed by atoms with E-state index in [1.807, 2.05) is 30.3 Å². The molecule has 158 valence electrons. The van der Waals surface area contributed by atoms with Crippen molar-refractivity contribution in [2.24, 2.45) is 0 Å². The molecule has 5 nitrogen and oxygen atoms in total. The predicted molar refractivity (Wildman–Crippen MR) is 115 cm³/mol. The highest BCUT2D eigenvalue weighted by Crippen LogP contribution is 2.33. The lowest BCUT2D eigenvalue weighted by atomic mass is 9.86. The lowest BCUT2D eigenvalue weighted by molar-refractivity contribution is -0.129. The second-order valence-electron chi connectivity index (χ2n) is 8.13. The highest BCUT2D eigenvalue weighted by atomic mass is 16.6. The van der Waals surface area contributed by atoms with Crippen LogP contribution in [0, 0.1) is 0 Å². The highest BCUT2D eigenvalue weighted by molar-refractivity contribution is 5.93. The molecule has 0 radical (unpaired) electrons. The van der Waals surface area contributed by atoms with Crippen LogP contribution in [-0.4, -0.2) is 36.7 Å². The maximum absolute atomic E-state index is 12.8. The molecular formula is C25H29NO4. The second kappa shape index (κ2) is 9.33. The van der Waals surface area contributed by atoms with E-state index in [9.17, 15) is 9.59 Å². The summed E-state index contributed by atoms with van der Waals surface area (Å²) in [6.07, 6.45) is 6.56. The standard InChI is InChI=1S/C25H29NO4/c1-29-23-15-14-19(21-11-5-6-12-22(21)23)10-7-13-24(27)26-20(17-30-25(26)28)16-18-8-3-2-4-9-18/h2-4,8-9,14-15,20H,5-7,10-13,16-17H2,1H3/t20-/m0/s1. The molecule has 2 aromatic carbocycles. The van der Waals surface area contributed by atoms with Crippen molar-refractivity contribution in [3.8, 4) is 5.75 Å². The number of hydrogen-bond donors (Lipinski definition) is 0. The number of ether oxygens (including phenoxy) is 2. The average Bonchev–Trinajstić information content (AvgIpc) is 3.14. The van der Waals surface area contributed by atoms with Crippen molar-refractivity contribution in [3.05, 3.63) is 64.7 Å². The molecule has 5 heteroatoms. The summed E-state index contributed by atoms with van der Waals surface area (Å²) in [7, 11) is 1.73. The van der Waals surface area contributed by atoms with Crippen LogP contribution < -0.4 is 4.74 Å². The van der Waals surface area contributed by atoms with E-state index in [-0.39, 0.29) is 18.6 Å². The Morgan fingerprint density at radius 3 is 2.63 bits per heavy atom. The summed E-state index contributed by atoms with van der Waals surface area (Å²) >= 11 is 0. The largest absolute Gasteiger partial charge is 0.496 e. The number of benzene rings is 2. The van der Waals surface area contributed by atoms with E-state index in [1.54, 1.807) is 7.11 Å². The number of cyclic esters (lactones) is 1. The van der Waals surface area contributed by atoms with Gasteiger partial charge in [-0.05, 0) is 73.3 Å². The molecule has 2 amide bonds. The number of amides is 2. The van der Waals surface area contributed by atoms with Crippen LogP contribution >= 0.6 is 0 Å². The first-order valence-electron chi connectivity index (χ1n) is 10.9. The van der Waals surface area contributed by atoms with Crippen LogP contribution in [-0.2, 0) is 35.2 Å². The van der Waals surface area contributed by atoms with Gasteiger partial charge in [-0.3, -0.25) is 4.79 Å². The molecule has 1 heterocycles. The summed E-state index contributed by atoms with van der Waals surface area (Å²) in [6.45, 7) is 0.269. The zero-order chi connectivity index (χ0) is 20.9. The maximum atomic E-state index is 12.8. The number of aryl methyl sites for hydroxylation is 1. The quantitative estimate of drug-likeness (QED) is 0.679. The van der Waals surface area contributed by atoms with Gasteiger partial charge in [-0.15, -0.1) is 0 Å². The van der Waals surface area contributed by atoms with Gasteiger partial charge in [0.05, 0.1) is 13.2 Å². The molecule has 4 rings (SSSR count). The molecule has 1 aliphatic carbocycles. The van der Waals surface area contributed by atoms with Crippen LogP contribution in [0.3, 0.4) is 0 Å². The number of methoxy groups -OCH3 is 1. The van der Waals surface area contributed by atoms with Gasteiger partial charge in [0.2, 0.25) is 5.91 Å². The summed E-state index contributed by atoms with van der Waals surface area (Å²) in [4.78, 5) is 26.4. The molecule has 1 fully saturated rings. The number of fused-ring (bicyclic) bond motifs is 1. The van der Waals surface area contributed by atoms with Crippen molar-refractivity contribution in [1.82, 2.24) is 4.90 Å². The fraction of sp³-hybridized carbons (Fsp3) is 0.440. The minimum atomic E-state index is -0.511. The molecule has 1 saturated heterocycles. The fourth-order valence-corrected chi connectivity index (χ4v) is 4.69. The minimum Gasteiger partial charge on any atom is -0.496 e. The normalized spacial score (nSPS) is 18.1. The van der Waals surface area contributed by atoms with Crippen LogP contribution in [0.2, 0.25) is 0 Å². The number of carbonyl (C=O) groups is 2. The molecule has 0 spiro atoms. The number of rotatable bonds is 7. The molecule has 0 N–H and O–H groups in total. The van der Waals surface area contributed by atoms with Gasteiger partial charge in [-0.1, -0.05) is 36.4 Å². The molecule has 1 aliphatic heterocycles. The van der Waals surface area contributed by atoms with Gasteiger partial charge in [0.1, 0.15) is 12.4 Å². The Morgan fingerprint density at radius 1 is 1.10 bits per heavy atom. The van der Waals surface area contributed by atoms with Crippen LogP contribution in [0.5, 0.6) is 5.75 Å². The molecule has 1 atom stereocenters. The third-order valence-electron chi connectivity index (χ3n) is 6.19. The Balaban J connectivity index is 1.38. The monoisotopic (exact) mass is 407 g/mol. The summed E-state index contributed by atoms with van der Waals surface area (Å²) in [5, 5.41) is 0. The summed E-state index contributed by atoms with van der Waals surface area (Å²) in [5.41, 5.74) is 5.14. The highest BCUT2D eigenvalue weighted by Gasteiger charge is 2.37. The van der Waals surface area contributed by atoms with Crippen LogP contribution in [0.15, 0.2) is 42.5 Å². The topological polar surface area (TPSA) is 55.8 Å². The van der Waals surface area contributed by atoms with Gasteiger partial charge in [0.25, 0.3) is 0 Å². The molecule has 2 aromatic rings. The first-order valence-corrected chi connectivity index (χ1v) is 10.9. The Labute approximate surface area is 178 Å². The van der Waals surface area contributed by atoms with Crippen LogP contribution in [0.25, 0.3) is 0 Å². The van der Waals surface area contributed by atoms with E-state index in [0.29, 0.717) is 12.8 Å². The maximum Gasteiger partial charge on any atom is 0.416 e. The van der Waals surface area contributed by atoms with Crippen molar-refractivity contribution in [2.45, 2.75) is 57.4 Å². The van der Waals surface area contributed by atoms with E-state index >= 15 is 0 Å². The zero-order valence-corrected chi connectivity index (χ0v) is 17.6. The molecule has 0 bridgehead atoms. The number of imide groups is 1. The van der Waals surface area contributed by atoms with Gasteiger partial charge < -0.3 is 9.47 Å². The Morgan fingerprint density at radius 2 is 1.87 bits per heavy atom. The van der Waals surface area contributed by atoms with Crippen molar-refractivity contribution in [1.29, 1.82) is 0 Å². The molecule has 2 aliphatic rings. The number of carbonyl (C=O) groups excluding carboxylic acids is 2.